The molecule has 2 aromatic carbocycles. The zero-order chi connectivity index (χ0) is 29.2. The summed E-state index contributed by atoms with van der Waals surface area (Å²) in [6, 6.07) is 11.2. The van der Waals surface area contributed by atoms with Gasteiger partial charge in [-0.15, -0.1) is 0 Å². The highest BCUT2D eigenvalue weighted by Crippen LogP contribution is 2.33. The first-order valence-corrected chi connectivity index (χ1v) is 13.5. The van der Waals surface area contributed by atoms with Crippen LogP contribution in [0.5, 0.6) is 5.75 Å². The topological polar surface area (TPSA) is 120 Å². The van der Waals surface area contributed by atoms with Crippen LogP contribution in [0.15, 0.2) is 36.4 Å². The zero-order valence-corrected chi connectivity index (χ0v) is 23.1. The van der Waals surface area contributed by atoms with E-state index in [1.165, 1.54) is 19.1 Å². The lowest BCUT2D eigenvalue weighted by Gasteiger charge is -2.34. The average molecular weight is 555 g/mol. The molecule has 2 fully saturated rings. The van der Waals surface area contributed by atoms with Crippen LogP contribution in [0, 0.1) is 23.1 Å². The minimum absolute atomic E-state index is 0.0180. The molecular formula is C30H36F2N4O4. The maximum Gasteiger partial charge on any atom is 0.257 e. The normalized spacial score (nSPS) is 22.2. The van der Waals surface area contributed by atoms with E-state index in [-0.39, 0.29) is 18.5 Å². The number of carbonyl (C=O) groups is 2. The predicted octanol–water partition coefficient (Wildman–Crippen LogP) is 3.65. The first kappa shape index (κ1) is 29.4. The summed E-state index contributed by atoms with van der Waals surface area (Å²) in [6.45, 7) is 6.95. The van der Waals surface area contributed by atoms with Gasteiger partial charge in [-0.3, -0.25) is 9.59 Å². The number of hydrogen-bond donors (Lipinski definition) is 2. The van der Waals surface area contributed by atoms with Crippen molar-refractivity contribution in [2.24, 2.45) is 11.7 Å². The molecule has 2 saturated heterocycles. The number of hydrogen-bond acceptors (Lipinski definition) is 6. The summed E-state index contributed by atoms with van der Waals surface area (Å²) in [5.41, 5.74) is 3.93. The van der Waals surface area contributed by atoms with Crippen LogP contribution in [-0.2, 0) is 4.79 Å². The van der Waals surface area contributed by atoms with Crippen molar-refractivity contribution in [3.8, 4) is 22.9 Å². The number of primary amides is 1. The smallest absolute Gasteiger partial charge is 0.257 e. The molecule has 40 heavy (non-hydrogen) atoms. The van der Waals surface area contributed by atoms with Crippen LogP contribution in [0.1, 0.15) is 56.0 Å². The van der Waals surface area contributed by atoms with Gasteiger partial charge in [0.05, 0.1) is 23.8 Å². The number of β-amino-alcohol motifs (C(OH)–C–C–N with tert-alkyl or cyclic N) is 1. The molecule has 2 aromatic rings. The fourth-order valence-electron chi connectivity index (χ4n) is 5.57. The van der Waals surface area contributed by atoms with Crippen molar-refractivity contribution in [2.75, 3.05) is 32.8 Å². The maximum absolute atomic E-state index is 15.2. The molecule has 0 unspecified atom stereocenters. The second kappa shape index (κ2) is 11.5. The Morgan fingerprint density at radius 2 is 1.85 bits per heavy atom. The molecule has 0 bridgehead atoms. The van der Waals surface area contributed by atoms with Crippen molar-refractivity contribution in [3.63, 3.8) is 0 Å². The van der Waals surface area contributed by atoms with E-state index in [9.17, 15) is 24.3 Å². The molecule has 2 heterocycles. The molecule has 2 amide bonds. The lowest BCUT2D eigenvalue weighted by atomic mass is 9.96. The summed E-state index contributed by atoms with van der Waals surface area (Å²) < 4.78 is 35.1. The Labute approximate surface area is 233 Å². The van der Waals surface area contributed by atoms with Crippen molar-refractivity contribution < 1.29 is 28.2 Å². The number of aliphatic hydroxyl groups excluding tert-OH is 1. The Balaban J connectivity index is 1.43. The molecule has 2 atom stereocenters. The first-order valence-electron chi connectivity index (χ1n) is 13.5. The zero-order valence-electron chi connectivity index (χ0n) is 23.1. The summed E-state index contributed by atoms with van der Waals surface area (Å²) in [7, 11) is 0. The molecule has 0 aromatic heterocycles. The molecule has 8 nitrogen and oxygen atoms in total. The molecule has 0 spiro atoms. The molecule has 214 valence electrons. The monoisotopic (exact) mass is 554 g/mol. The van der Waals surface area contributed by atoms with Crippen LogP contribution in [0.3, 0.4) is 0 Å². The number of rotatable bonds is 8. The molecule has 2 aliphatic heterocycles. The molecule has 2 aliphatic rings. The van der Waals surface area contributed by atoms with Crippen molar-refractivity contribution in [1.82, 2.24) is 9.80 Å². The number of nitrogens with two attached hydrogens (primary N) is 1. The number of nitrogens with zero attached hydrogens (tertiary/aromatic N) is 3. The third-order valence-corrected chi connectivity index (χ3v) is 7.81. The van der Waals surface area contributed by atoms with E-state index in [2.05, 4.69) is 11.0 Å². The predicted molar refractivity (Wildman–Crippen MR) is 146 cm³/mol. The van der Waals surface area contributed by atoms with Crippen molar-refractivity contribution in [2.45, 2.75) is 57.3 Å². The standard InChI is InChI=1S/C30H36F2N4O4/c1-29(2,32)18-35-10-8-19(9-11-35)17-40-26-7-5-20(12-22(26)15-33)21-4-6-24(25(31)13-21)27(38)36-16-23(37)14-30(36,3)28(34)39/h4-7,12-13,19,23,37H,8-11,14,16-18H2,1-3H3,(H2,34,39)/t23-,30-/m1/s1. The fourth-order valence-corrected chi connectivity index (χ4v) is 5.57. The molecular weight excluding hydrogens is 518 g/mol. The summed E-state index contributed by atoms with van der Waals surface area (Å²) in [4.78, 5) is 28.3. The number of amides is 2. The lowest BCUT2D eigenvalue weighted by molar-refractivity contribution is -0.126. The number of ether oxygens (including phenoxy) is 1. The number of carbonyl (C=O) groups excluding carboxylic acids is 2. The number of benzene rings is 2. The average Bonchev–Trinajstić information content (AvgIpc) is 3.22. The van der Waals surface area contributed by atoms with E-state index in [4.69, 9.17) is 10.5 Å². The van der Waals surface area contributed by atoms with Crippen LogP contribution in [0.4, 0.5) is 8.78 Å². The number of halogens is 2. The summed E-state index contributed by atoms with van der Waals surface area (Å²) in [6.07, 6.45) is 0.816. The van der Waals surface area contributed by atoms with Crippen LogP contribution >= 0.6 is 0 Å². The third-order valence-electron chi connectivity index (χ3n) is 7.81. The van der Waals surface area contributed by atoms with E-state index >= 15 is 4.39 Å². The van der Waals surface area contributed by atoms with Gasteiger partial charge in [0.2, 0.25) is 5.91 Å². The van der Waals surface area contributed by atoms with Gasteiger partial charge in [0.15, 0.2) is 0 Å². The summed E-state index contributed by atoms with van der Waals surface area (Å²) >= 11 is 0. The second-order valence-corrected chi connectivity index (χ2v) is 11.7. The van der Waals surface area contributed by atoms with E-state index in [0.29, 0.717) is 41.5 Å². The Hall–Kier alpha value is -3.55. The van der Waals surface area contributed by atoms with Crippen LogP contribution in [0.2, 0.25) is 0 Å². The highest BCUT2D eigenvalue weighted by atomic mass is 19.1. The minimum atomic E-state index is -1.42. The first-order chi connectivity index (χ1) is 18.8. The lowest BCUT2D eigenvalue weighted by Crippen LogP contribution is -2.54. The van der Waals surface area contributed by atoms with Crippen molar-refractivity contribution in [3.05, 3.63) is 53.3 Å². The van der Waals surface area contributed by atoms with Gasteiger partial charge in [0.1, 0.15) is 28.8 Å². The van der Waals surface area contributed by atoms with Gasteiger partial charge in [0, 0.05) is 19.5 Å². The number of nitriles is 1. The third kappa shape index (κ3) is 6.43. The largest absolute Gasteiger partial charge is 0.492 e. The van der Waals surface area contributed by atoms with Gasteiger partial charge < -0.3 is 25.4 Å². The molecule has 3 N–H and O–H groups in total. The second-order valence-electron chi connectivity index (χ2n) is 11.7. The SMILES string of the molecule is CC(C)(F)CN1CCC(COc2ccc(-c3ccc(C(=O)N4C[C@H](O)C[C@]4(C)C(N)=O)c(F)c3)cc2C#N)CC1. The summed E-state index contributed by atoms with van der Waals surface area (Å²) in [5, 5.41) is 19.8. The van der Waals surface area contributed by atoms with Crippen LogP contribution in [0.25, 0.3) is 11.1 Å². The molecule has 0 aliphatic carbocycles. The molecule has 4 rings (SSSR count). The minimum Gasteiger partial charge on any atom is -0.492 e. The van der Waals surface area contributed by atoms with E-state index in [1.807, 2.05) is 0 Å². The van der Waals surface area contributed by atoms with E-state index in [1.54, 1.807) is 38.1 Å². The summed E-state index contributed by atoms with van der Waals surface area (Å²) in [5.74, 6) is -1.56. The highest BCUT2D eigenvalue weighted by molar-refractivity contribution is 6.00. The molecule has 0 saturated carbocycles. The van der Waals surface area contributed by atoms with Crippen LogP contribution in [-0.4, -0.2) is 76.8 Å². The van der Waals surface area contributed by atoms with Gasteiger partial charge in [-0.2, -0.15) is 5.26 Å². The van der Waals surface area contributed by atoms with Gasteiger partial charge in [-0.05, 0) is 88.0 Å². The van der Waals surface area contributed by atoms with Gasteiger partial charge in [-0.1, -0.05) is 12.1 Å². The van der Waals surface area contributed by atoms with Crippen molar-refractivity contribution >= 4 is 11.8 Å². The fraction of sp³-hybridized carbons (Fsp3) is 0.500. The van der Waals surface area contributed by atoms with E-state index < -0.39 is 34.9 Å². The molecule has 10 heteroatoms. The number of likely N-dealkylation sites (tertiary alicyclic amines) is 2. The Kier molecular flexibility index (Phi) is 8.47. The Morgan fingerprint density at radius 1 is 1.20 bits per heavy atom. The number of piperidine rings is 1. The molecule has 0 radical (unpaired) electrons. The number of alkyl halides is 1. The van der Waals surface area contributed by atoms with E-state index in [0.717, 1.165) is 30.8 Å². The Bertz CT molecular complexity index is 1310. The van der Waals surface area contributed by atoms with Gasteiger partial charge in [-0.25, -0.2) is 8.78 Å². The van der Waals surface area contributed by atoms with Gasteiger partial charge >= 0.3 is 0 Å². The van der Waals surface area contributed by atoms with Crippen LogP contribution < -0.4 is 10.5 Å². The highest BCUT2D eigenvalue weighted by Gasteiger charge is 2.49. The van der Waals surface area contributed by atoms with Crippen molar-refractivity contribution in [1.29, 1.82) is 5.26 Å². The quantitative estimate of drug-likeness (QED) is 0.514. The maximum atomic E-state index is 15.2. The van der Waals surface area contributed by atoms with Gasteiger partial charge in [0.25, 0.3) is 5.91 Å². The number of aliphatic hydroxyl groups is 1. The Morgan fingerprint density at radius 3 is 2.45 bits per heavy atom.